The molecule has 0 spiro atoms. The van der Waals surface area contributed by atoms with Gasteiger partial charge in [0.25, 0.3) is 0 Å². The van der Waals surface area contributed by atoms with Gasteiger partial charge in [0.2, 0.25) is 0 Å². The first-order valence-corrected chi connectivity index (χ1v) is 30.2. The van der Waals surface area contributed by atoms with E-state index in [1.807, 2.05) is 0 Å². The third-order valence-electron chi connectivity index (χ3n) is 19.8. The molecule has 0 N–H and O–H groups in total. The summed E-state index contributed by atoms with van der Waals surface area (Å²) in [6.45, 7) is 0. The van der Waals surface area contributed by atoms with Crippen LogP contribution in [0.2, 0.25) is 0 Å². The second-order valence-corrected chi connectivity index (χ2v) is 23.9. The largest absolute Gasteiger partial charge is 0.0622 e. The Balaban J connectivity index is 0.943. The van der Waals surface area contributed by atoms with Crippen molar-refractivity contribution in [2.75, 3.05) is 0 Å². The van der Waals surface area contributed by atoms with Gasteiger partial charge in [-0.2, -0.15) is 0 Å². The molecule has 0 atom stereocenters. The van der Waals surface area contributed by atoms with Crippen molar-refractivity contribution in [2.24, 2.45) is 0 Å². The maximum atomic E-state index is 2.57. The van der Waals surface area contributed by atoms with Crippen LogP contribution in [0.25, 0.3) is 208 Å². The van der Waals surface area contributed by atoms with Crippen LogP contribution in [0.1, 0.15) is 0 Å². The number of fused-ring (bicyclic) bond motifs is 13. The fourth-order valence-electron chi connectivity index (χ4n) is 16.5. The van der Waals surface area contributed by atoms with E-state index < -0.39 is 0 Å². The zero-order chi connectivity index (χ0) is 55.9. The van der Waals surface area contributed by atoms with Gasteiger partial charge in [-0.25, -0.2) is 0 Å². The first-order chi connectivity index (χ1) is 42.7. The molecule has 20 rings (SSSR count). The molecule has 0 aromatic heterocycles. The zero-order valence-corrected chi connectivity index (χ0v) is 46.7. The van der Waals surface area contributed by atoms with Gasteiger partial charge in [0.15, 0.2) is 0 Å². The van der Waals surface area contributed by atoms with E-state index in [1.54, 1.807) is 0 Å². The van der Waals surface area contributed by atoms with Crippen molar-refractivity contribution in [3.8, 4) is 89.0 Å². The van der Waals surface area contributed by atoms with Crippen molar-refractivity contribution in [1.29, 1.82) is 0 Å². The summed E-state index contributed by atoms with van der Waals surface area (Å²) in [6, 6.07) is 110. The van der Waals surface area contributed by atoms with Crippen LogP contribution in [-0.2, 0) is 0 Å². The van der Waals surface area contributed by atoms with E-state index in [0.29, 0.717) is 0 Å². The van der Waals surface area contributed by atoms with Gasteiger partial charge in [0.05, 0.1) is 0 Å². The summed E-state index contributed by atoms with van der Waals surface area (Å²) in [6.07, 6.45) is 0. The third kappa shape index (κ3) is 6.02. The Morgan fingerprint density at radius 2 is 0.477 bits per heavy atom. The highest BCUT2D eigenvalue weighted by Crippen LogP contribution is 2.62. The maximum Gasteiger partial charge on any atom is -0.000718 e. The van der Waals surface area contributed by atoms with Crippen molar-refractivity contribution < 1.29 is 0 Å². The summed E-state index contributed by atoms with van der Waals surface area (Å²) < 4.78 is 0. The summed E-state index contributed by atoms with van der Waals surface area (Å²) in [5.74, 6) is 0. The van der Waals surface area contributed by atoms with Crippen LogP contribution in [0.4, 0.5) is 0 Å². The first-order valence-electron chi connectivity index (χ1n) is 30.2. The van der Waals surface area contributed by atoms with E-state index in [-0.39, 0.29) is 0 Å². The van der Waals surface area contributed by atoms with Crippen molar-refractivity contribution in [1.82, 2.24) is 0 Å². The Morgan fingerprint density at radius 1 is 0.128 bits per heavy atom. The minimum Gasteiger partial charge on any atom is -0.0622 e. The van der Waals surface area contributed by atoms with Crippen molar-refractivity contribution >= 4 is 118 Å². The molecule has 392 valence electrons. The third-order valence-corrected chi connectivity index (χ3v) is 19.8. The van der Waals surface area contributed by atoms with Gasteiger partial charge >= 0.3 is 0 Å². The molecule has 0 amide bonds. The van der Waals surface area contributed by atoms with E-state index in [4.69, 9.17) is 0 Å². The number of benzene rings is 17. The molecule has 86 heavy (non-hydrogen) atoms. The zero-order valence-electron chi connectivity index (χ0n) is 46.7. The van der Waals surface area contributed by atoms with Crippen LogP contribution in [0.5, 0.6) is 0 Å². The fraction of sp³-hybridized carbons (Fsp3) is 0. The van der Waals surface area contributed by atoms with Crippen LogP contribution < -0.4 is 0 Å². The van der Waals surface area contributed by atoms with E-state index in [1.165, 1.54) is 208 Å². The van der Waals surface area contributed by atoms with Crippen LogP contribution in [0, 0.1) is 0 Å². The standard InChI is InChI=1S/C86H48/c1-5-21-49(22-6-1)54-31-13-15-33-56(54)79-59-36-18-17-35-58(59)75(52-25-9-3-10-26-52)83-66-43-39-62-65-42-46-69-82-67(44-40-63(78(65)82)64-41-45-68(85(79)83)81(66)77(62)64)84-76(53-27-11-4-12-28-53)72-47-70-60-37-19-29-51-30-20-38-61(74(51)60)71(70)48-73(72)80(86(69)84)57-34-16-14-32-55(57)50-23-7-2-8-24-50/h1-48H. The minimum atomic E-state index is 1.21. The second kappa shape index (κ2) is 17.2. The van der Waals surface area contributed by atoms with Crippen LogP contribution >= 0.6 is 0 Å². The lowest BCUT2D eigenvalue weighted by Crippen LogP contribution is -1.95. The van der Waals surface area contributed by atoms with E-state index >= 15 is 0 Å². The van der Waals surface area contributed by atoms with Crippen molar-refractivity contribution in [3.63, 3.8) is 0 Å². The van der Waals surface area contributed by atoms with E-state index in [9.17, 15) is 0 Å². The predicted octanol–water partition coefficient (Wildman–Crippen LogP) is 24.3. The van der Waals surface area contributed by atoms with Gasteiger partial charge in [-0.15, -0.1) is 0 Å². The molecule has 19 aromatic carbocycles. The average molecular weight is 1080 g/mol. The van der Waals surface area contributed by atoms with Gasteiger partial charge in [-0.05, 0) is 220 Å². The Morgan fingerprint density at radius 3 is 1.01 bits per heavy atom. The molecule has 0 bridgehead atoms. The van der Waals surface area contributed by atoms with E-state index in [0.717, 1.165) is 0 Å². The lowest BCUT2D eigenvalue weighted by atomic mass is 9.81. The second-order valence-electron chi connectivity index (χ2n) is 23.9. The Kier molecular flexibility index (Phi) is 9.27. The predicted molar refractivity (Wildman–Crippen MR) is 370 cm³/mol. The Labute approximate surface area is 495 Å². The number of hydrogen-bond donors (Lipinski definition) is 0. The summed E-state index contributed by atoms with van der Waals surface area (Å²) in [7, 11) is 0. The smallest absolute Gasteiger partial charge is 0.000718 e. The van der Waals surface area contributed by atoms with Crippen LogP contribution in [0.3, 0.4) is 0 Å². The van der Waals surface area contributed by atoms with Gasteiger partial charge in [-0.1, -0.05) is 279 Å². The molecule has 0 heteroatoms. The molecule has 0 saturated heterocycles. The highest BCUT2D eigenvalue weighted by atomic mass is 14.4. The maximum absolute atomic E-state index is 2.57. The highest BCUT2D eigenvalue weighted by Gasteiger charge is 2.34. The highest BCUT2D eigenvalue weighted by molar-refractivity contribution is 6.48. The molecule has 0 fully saturated rings. The number of hydrogen-bond acceptors (Lipinski definition) is 0. The summed E-state index contributed by atoms with van der Waals surface area (Å²) in [4.78, 5) is 0. The summed E-state index contributed by atoms with van der Waals surface area (Å²) in [5, 5.41) is 28.7. The normalized spacial score (nSPS) is 12.4. The topological polar surface area (TPSA) is 0 Å². The van der Waals surface area contributed by atoms with Gasteiger partial charge in [0.1, 0.15) is 0 Å². The average Bonchev–Trinajstić information content (AvgIpc) is 1.51. The fourth-order valence-corrected chi connectivity index (χ4v) is 16.5. The van der Waals surface area contributed by atoms with Crippen molar-refractivity contribution in [3.05, 3.63) is 291 Å². The molecule has 0 nitrogen and oxygen atoms in total. The van der Waals surface area contributed by atoms with Crippen LogP contribution in [0.15, 0.2) is 291 Å². The molecule has 1 aliphatic carbocycles. The molecule has 0 radical (unpaired) electrons. The Bertz CT molecular complexity index is 6050. The monoisotopic (exact) mass is 1080 g/mol. The molecular formula is C86H48. The Hall–Kier alpha value is -11.2. The van der Waals surface area contributed by atoms with Gasteiger partial charge < -0.3 is 0 Å². The lowest BCUT2D eigenvalue weighted by molar-refractivity contribution is 1.59. The summed E-state index contributed by atoms with van der Waals surface area (Å²) in [5.41, 5.74) is 20.2. The SMILES string of the molecule is c1ccc(-c2ccccc2-c2c3c(c(-c4ccccc4)c4ccccc24)-c2ccc4c5ccc6c7c(-c8ccccc8-c8ccccc8)c8cc9c(cc8c(-c8ccccc8)c7c7ccc(c8ccc-3c2c84)c5c76)c2cccc3cccc9c32)cc1. The lowest BCUT2D eigenvalue weighted by Gasteiger charge is -2.22. The van der Waals surface area contributed by atoms with Crippen molar-refractivity contribution in [2.45, 2.75) is 0 Å². The minimum absolute atomic E-state index is 1.21. The molecule has 19 aromatic rings. The van der Waals surface area contributed by atoms with Gasteiger partial charge in [0, 0.05) is 0 Å². The first kappa shape index (κ1) is 46.3. The number of rotatable bonds is 6. The van der Waals surface area contributed by atoms with E-state index in [2.05, 4.69) is 291 Å². The van der Waals surface area contributed by atoms with Gasteiger partial charge in [-0.3, -0.25) is 0 Å². The quantitative estimate of drug-likeness (QED) is 0.115. The molecule has 0 aliphatic heterocycles. The molecular weight excluding hydrogens is 1030 g/mol. The molecule has 0 heterocycles. The molecule has 1 aliphatic rings. The summed E-state index contributed by atoms with van der Waals surface area (Å²) >= 11 is 0. The van der Waals surface area contributed by atoms with Crippen LogP contribution in [-0.4, -0.2) is 0 Å². The molecule has 0 unspecified atom stereocenters. The molecule has 0 saturated carbocycles.